The van der Waals surface area contributed by atoms with Crippen molar-refractivity contribution in [1.29, 1.82) is 0 Å². The summed E-state index contributed by atoms with van der Waals surface area (Å²) in [6.07, 6.45) is 4.45. The molecule has 154 valence electrons. The highest BCUT2D eigenvalue weighted by atomic mass is 16.2. The summed E-state index contributed by atoms with van der Waals surface area (Å²) in [5.74, 6) is 2.76. The molecule has 4 heterocycles. The van der Waals surface area contributed by atoms with E-state index in [1.54, 1.807) is 12.5 Å². The lowest BCUT2D eigenvalue weighted by atomic mass is 10.0. The van der Waals surface area contributed by atoms with Crippen molar-refractivity contribution in [3.05, 3.63) is 35.8 Å². The second kappa shape index (κ2) is 7.57. The van der Waals surface area contributed by atoms with Crippen molar-refractivity contribution in [1.82, 2.24) is 34.2 Å². The standard InChI is InChI=1S/C21H29N7O/c1-13(2)6-17-10-26(11-19-25-24-15(5)28(17)19)21(29)16-7-18-20(22-8-16)27(12-23-18)9-14(3)4/h7-8,12-14,17H,6,9-11H2,1-5H3/t17-/m0/s1. The lowest BCUT2D eigenvalue weighted by Gasteiger charge is -2.35. The number of pyridine rings is 1. The van der Waals surface area contributed by atoms with Gasteiger partial charge in [-0.1, -0.05) is 27.7 Å². The first-order valence-corrected chi connectivity index (χ1v) is 10.3. The average Bonchev–Trinajstić information content (AvgIpc) is 3.23. The Morgan fingerprint density at radius 2 is 1.97 bits per heavy atom. The topological polar surface area (TPSA) is 81.7 Å². The van der Waals surface area contributed by atoms with Gasteiger partial charge in [0.05, 0.1) is 24.5 Å². The van der Waals surface area contributed by atoms with Crippen LogP contribution < -0.4 is 0 Å². The second-order valence-corrected chi connectivity index (χ2v) is 8.86. The highest BCUT2D eigenvalue weighted by molar-refractivity contribution is 5.96. The molecule has 8 heteroatoms. The first-order chi connectivity index (χ1) is 13.8. The molecule has 3 aromatic rings. The summed E-state index contributed by atoms with van der Waals surface area (Å²) in [5, 5.41) is 8.55. The maximum absolute atomic E-state index is 13.3. The number of carbonyl (C=O) groups excluding carboxylic acids is 1. The minimum atomic E-state index is -0.0292. The van der Waals surface area contributed by atoms with E-state index in [1.807, 2.05) is 22.5 Å². The fourth-order valence-corrected chi connectivity index (χ4v) is 4.22. The van der Waals surface area contributed by atoms with E-state index in [4.69, 9.17) is 0 Å². The molecule has 0 radical (unpaired) electrons. The molecule has 4 rings (SSSR count). The molecular formula is C21H29N7O. The van der Waals surface area contributed by atoms with Crippen LogP contribution in [0.2, 0.25) is 0 Å². The zero-order valence-corrected chi connectivity index (χ0v) is 17.8. The molecule has 0 N–H and O–H groups in total. The van der Waals surface area contributed by atoms with Crippen LogP contribution in [0.3, 0.4) is 0 Å². The molecule has 0 saturated carbocycles. The van der Waals surface area contributed by atoms with E-state index in [-0.39, 0.29) is 11.9 Å². The van der Waals surface area contributed by atoms with E-state index in [1.165, 1.54) is 0 Å². The molecule has 1 amide bonds. The molecular weight excluding hydrogens is 366 g/mol. The largest absolute Gasteiger partial charge is 0.329 e. The Balaban J connectivity index is 1.61. The summed E-state index contributed by atoms with van der Waals surface area (Å²) in [7, 11) is 0. The molecule has 1 aliphatic rings. The van der Waals surface area contributed by atoms with Crippen LogP contribution >= 0.6 is 0 Å². The third-order valence-corrected chi connectivity index (χ3v) is 5.36. The van der Waals surface area contributed by atoms with Gasteiger partial charge in [0.2, 0.25) is 0 Å². The Hall–Kier alpha value is -2.77. The second-order valence-electron chi connectivity index (χ2n) is 8.86. The molecule has 8 nitrogen and oxygen atoms in total. The van der Waals surface area contributed by atoms with Crippen molar-refractivity contribution in [3.63, 3.8) is 0 Å². The van der Waals surface area contributed by atoms with Crippen molar-refractivity contribution in [2.75, 3.05) is 6.54 Å². The van der Waals surface area contributed by atoms with Gasteiger partial charge in [-0.25, -0.2) is 9.97 Å². The molecule has 0 bridgehead atoms. The van der Waals surface area contributed by atoms with Gasteiger partial charge in [0, 0.05) is 19.3 Å². The summed E-state index contributed by atoms with van der Waals surface area (Å²) < 4.78 is 4.23. The van der Waals surface area contributed by atoms with Gasteiger partial charge in [-0.3, -0.25) is 4.79 Å². The third kappa shape index (κ3) is 3.75. The number of hydrogen-bond donors (Lipinski definition) is 0. The fraction of sp³-hybridized carbons (Fsp3) is 0.571. The van der Waals surface area contributed by atoms with Crippen molar-refractivity contribution >= 4 is 17.1 Å². The molecule has 0 fully saturated rings. The summed E-state index contributed by atoms with van der Waals surface area (Å²) in [6.45, 7) is 12.7. The van der Waals surface area contributed by atoms with Gasteiger partial charge in [-0.2, -0.15) is 0 Å². The van der Waals surface area contributed by atoms with Crippen molar-refractivity contribution in [2.24, 2.45) is 11.8 Å². The van der Waals surface area contributed by atoms with Gasteiger partial charge in [0.1, 0.15) is 11.3 Å². The van der Waals surface area contributed by atoms with Crippen molar-refractivity contribution in [3.8, 4) is 0 Å². The number of rotatable bonds is 5. The van der Waals surface area contributed by atoms with E-state index >= 15 is 0 Å². The Morgan fingerprint density at radius 3 is 2.69 bits per heavy atom. The number of aromatic nitrogens is 6. The maximum atomic E-state index is 13.3. The predicted octanol–water partition coefficient (Wildman–Crippen LogP) is 3.23. The summed E-state index contributed by atoms with van der Waals surface area (Å²) >= 11 is 0. The van der Waals surface area contributed by atoms with Crippen LogP contribution in [-0.2, 0) is 13.1 Å². The smallest absolute Gasteiger partial charge is 0.255 e. The average molecular weight is 396 g/mol. The number of carbonyl (C=O) groups is 1. The maximum Gasteiger partial charge on any atom is 0.255 e. The first kappa shape index (κ1) is 19.5. The Labute approximate surface area is 171 Å². The summed E-state index contributed by atoms with van der Waals surface area (Å²) in [5.41, 5.74) is 2.15. The number of amides is 1. The molecule has 0 aromatic carbocycles. The minimum Gasteiger partial charge on any atom is -0.329 e. The lowest BCUT2D eigenvalue weighted by molar-refractivity contribution is 0.0660. The van der Waals surface area contributed by atoms with E-state index in [0.29, 0.717) is 30.5 Å². The molecule has 29 heavy (non-hydrogen) atoms. The molecule has 0 unspecified atom stereocenters. The summed E-state index contributed by atoms with van der Waals surface area (Å²) in [4.78, 5) is 24.1. The Bertz CT molecular complexity index is 1030. The van der Waals surface area contributed by atoms with Gasteiger partial charge in [0.25, 0.3) is 5.91 Å². The van der Waals surface area contributed by atoms with E-state index < -0.39 is 0 Å². The zero-order chi connectivity index (χ0) is 20.7. The van der Waals surface area contributed by atoms with Crippen LogP contribution in [0.4, 0.5) is 0 Å². The third-order valence-electron chi connectivity index (χ3n) is 5.36. The van der Waals surface area contributed by atoms with Crippen LogP contribution in [0.15, 0.2) is 18.6 Å². The molecule has 3 aromatic heterocycles. The normalized spacial score (nSPS) is 16.8. The van der Waals surface area contributed by atoms with Gasteiger partial charge in [0.15, 0.2) is 11.5 Å². The van der Waals surface area contributed by atoms with E-state index in [0.717, 1.165) is 35.8 Å². The highest BCUT2D eigenvalue weighted by Gasteiger charge is 2.31. The molecule has 0 saturated heterocycles. The van der Waals surface area contributed by atoms with Crippen LogP contribution in [0, 0.1) is 18.8 Å². The number of nitrogens with zero attached hydrogens (tertiary/aromatic N) is 7. The highest BCUT2D eigenvalue weighted by Crippen LogP contribution is 2.28. The Morgan fingerprint density at radius 1 is 1.17 bits per heavy atom. The molecule has 0 spiro atoms. The van der Waals surface area contributed by atoms with Gasteiger partial charge in [-0.15, -0.1) is 10.2 Å². The first-order valence-electron chi connectivity index (χ1n) is 10.3. The van der Waals surface area contributed by atoms with Gasteiger partial charge in [-0.05, 0) is 31.2 Å². The minimum absolute atomic E-state index is 0.0292. The van der Waals surface area contributed by atoms with Gasteiger partial charge >= 0.3 is 0 Å². The molecule has 0 aliphatic carbocycles. The number of hydrogen-bond acceptors (Lipinski definition) is 5. The SMILES string of the molecule is Cc1nnc2n1[C@@H](CC(C)C)CN(C(=O)c1cnc3c(c1)ncn3CC(C)C)C2. The van der Waals surface area contributed by atoms with Crippen LogP contribution in [0.25, 0.3) is 11.2 Å². The van der Waals surface area contributed by atoms with Crippen LogP contribution in [0.5, 0.6) is 0 Å². The lowest BCUT2D eigenvalue weighted by Crippen LogP contribution is -2.42. The van der Waals surface area contributed by atoms with Gasteiger partial charge < -0.3 is 14.0 Å². The van der Waals surface area contributed by atoms with Crippen molar-refractivity contribution < 1.29 is 4.79 Å². The van der Waals surface area contributed by atoms with E-state index in [9.17, 15) is 4.79 Å². The monoisotopic (exact) mass is 395 g/mol. The predicted molar refractivity (Wildman–Crippen MR) is 110 cm³/mol. The fourth-order valence-electron chi connectivity index (χ4n) is 4.22. The van der Waals surface area contributed by atoms with Crippen molar-refractivity contribution in [2.45, 2.75) is 60.2 Å². The van der Waals surface area contributed by atoms with E-state index in [2.05, 4.69) is 52.4 Å². The molecule has 1 atom stereocenters. The molecule has 1 aliphatic heterocycles. The number of fused-ring (bicyclic) bond motifs is 2. The number of aryl methyl sites for hydroxylation is 1. The zero-order valence-electron chi connectivity index (χ0n) is 17.8. The van der Waals surface area contributed by atoms with Crippen LogP contribution in [0.1, 0.15) is 62.2 Å². The van der Waals surface area contributed by atoms with Crippen LogP contribution in [-0.4, -0.2) is 46.7 Å². The Kier molecular flexibility index (Phi) is 5.10. The quantitative estimate of drug-likeness (QED) is 0.662. The number of imidazole rings is 1. The summed E-state index contributed by atoms with van der Waals surface area (Å²) in [6, 6.07) is 2.04.